The van der Waals surface area contributed by atoms with Crippen molar-refractivity contribution in [1.82, 2.24) is 25.0 Å². The number of amides is 2. The number of alkyl carbamates (subject to hydrolysis) is 1. The van der Waals surface area contributed by atoms with Crippen molar-refractivity contribution in [3.8, 4) is 5.75 Å². The summed E-state index contributed by atoms with van der Waals surface area (Å²) >= 11 is 0. The fourth-order valence-electron chi connectivity index (χ4n) is 3.19. The number of carbonyl (C=O) groups is 2. The van der Waals surface area contributed by atoms with E-state index in [9.17, 15) is 35.9 Å². The van der Waals surface area contributed by atoms with E-state index < -0.39 is 65.5 Å². The number of ether oxygens (including phenoxy) is 2. The first kappa shape index (κ1) is 26.1. The number of nitrogens with one attached hydrogen (secondary N) is 1. The SMILES string of the molecule is CC(C)(C)OC(=O)NC(COc1cc(F)c(F)cc1F)C(=O)N1CCn2c(nnc2C(F)(F)F)C1. The molecule has 1 aromatic heterocycles. The van der Waals surface area contributed by atoms with Crippen LogP contribution in [0.3, 0.4) is 0 Å². The molecular weight excluding hydrogens is 488 g/mol. The van der Waals surface area contributed by atoms with Crippen LogP contribution in [0.5, 0.6) is 5.75 Å². The maximum atomic E-state index is 13.9. The largest absolute Gasteiger partial charge is 0.488 e. The second-order valence-corrected chi connectivity index (χ2v) is 8.56. The lowest BCUT2D eigenvalue weighted by molar-refractivity contribution is -0.148. The Morgan fingerprint density at radius 2 is 1.71 bits per heavy atom. The van der Waals surface area contributed by atoms with E-state index in [1.165, 1.54) is 0 Å². The zero-order chi connectivity index (χ0) is 26.1. The van der Waals surface area contributed by atoms with Gasteiger partial charge in [0.1, 0.15) is 18.2 Å². The summed E-state index contributed by atoms with van der Waals surface area (Å²) in [4.78, 5) is 26.5. The van der Waals surface area contributed by atoms with Crippen molar-refractivity contribution in [1.29, 1.82) is 0 Å². The number of carbonyl (C=O) groups excluding carboxylic acids is 2. The van der Waals surface area contributed by atoms with Crippen LogP contribution in [0.25, 0.3) is 0 Å². The number of benzene rings is 1. The molecule has 9 nitrogen and oxygen atoms in total. The average Bonchev–Trinajstić information content (AvgIpc) is 3.16. The third-order valence-electron chi connectivity index (χ3n) is 4.69. The Bertz CT molecular complexity index is 1110. The second kappa shape index (κ2) is 9.62. The number of fused-ring (bicyclic) bond motifs is 1. The fourth-order valence-corrected chi connectivity index (χ4v) is 3.19. The van der Waals surface area contributed by atoms with Gasteiger partial charge >= 0.3 is 12.3 Å². The van der Waals surface area contributed by atoms with Crippen LogP contribution in [0.4, 0.5) is 31.1 Å². The summed E-state index contributed by atoms with van der Waals surface area (Å²) in [6.45, 7) is 3.12. The number of nitrogens with zero attached hydrogens (tertiary/aromatic N) is 4. The van der Waals surface area contributed by atoms with E-state index in [-0.39, 0.29) is 31.5 Å². The van der Waals surface area contributed by atoms with Gasteiger partial charge in [0.25, 0.3) is 0 Å². The summed E-state index contributed by atoms with van der Waals surface area (Å²) in [5, 5.41) is 8.85. The molecule has 35 heavy (non-hydrogen) atoms. The molecule has 2 aromatic rings. The zero-order valence-corrected chi connectivity index (χ0v) is 18.8. The maximum Gasteiger partial charge on any atom is 0.451 e. The first-order valence-electron chi connectivity index (χ1n) is 10.2. The topological polar surface area (TPSA) is 98.6 Å². The first-order valence-corrected chi connectivity index (χ1v) is 10.2. The van der Waals surface area contributed by atoms with E-state index in [0.29, 0.717) is 6.07 Å². The summed E-state index contributed by atoms with van der Waals surface area (Å²) in [5.74, 6) is -6.99. The second-order valence-electron chi connectivity index (χ2n) is 8.56. The van der Waals surface area contributed by atoms with Crippen molar-refractivity contribution in [3.05, 3.63) is 41.2 Å². The van der Waals surface area contributed by atoms with E-state index in [0.717, 1.165) is 9.47 Å². The predicted molar refractivity (Wildman–Crippen MR) is 105 cm³/mol. The van der Waals surface area contributed by atoms with Crippen molar-refractivity contribution in [2.24, 2.45) is 0 Å². The van der Waals surface area contributed by atoms with Gasteiger partial charge in [-0.2, -0.15) is 13.2 Å². The highest BCUT2D eigenvalue weighted by Crippen LogP contribution is 2.29. The Hall–Kier alpha value is -3.52. The Morgan fingerprint density at radius 3 is 2.34 bits per heavy atom. The van der Waals surface area contributed by atoms with Crippen LogP contribution in [0, 0.1) is 17.5 Å². The van der Waals surface area contributed by atoms with Crippen molar-refractivity contribution < 1.29 is 45.4 Å². The third-order valence-corrected chi connectivity index (χ3v) is 4.69. The quantitative estimate of drug-likeness (QED) is 0.492. The van der Waals surface area contributed by atoms with Crippen LogP contribution in [0.15, 0.2) is 12.1 Å². The lowest BCUT2D eigenvalue weighted by atomic mass is 10.2. The number of rotatable bonds is 5. The molecule has 0 saturated heterocycles. The van der Waals surface area contributed by atoms with Crippen LogP contribution >= 0.6 is 0 Å². The minimum Gasteiger partial charge on any atom is -0.488 e. The minimum atomic E-state index is -4.74. The van der Waals surface area contributed by atoms with E-state index in [1.54, 1.807) is 20.8 Å². The molecular formula is C20H21F6N5O4. The van der Waals surface area contributed by atoms with Gasteiger partial charge in [0, 0.05) is 25.2 Å². The zero-order valence-electron chi connectivity index (χ0n) is 18.8. The normalized spacial score (nSPS) is 14.8. The van der Waals surface area contributed by atoms with Crippen molar-refractivity contribution in [2.45, 2.75) is 51.7 Å². The average molecular weight is 509 g/mol. The van der Waals surface area contributed by atoms with Gasteiger partial charge < -0.3 is 24.3 Å². The number of halogens is 6. The Labute approximate surface area is 195 Å². The Morgan fingerprint density at radius 1 is 1.06 bits per heavy atom. The van der Waals surface area contributed by atoms with E-state index in [1.807, 2.05) is 0 Å². The van der Waals surface area contributed by atoms with Crippen LogP contribution in [0.1, 0.15) is 32.4 Å². The molecule has 0 saturated carbocycles. The third kappa shape index (κ3) is 6.33. The summed E-state index contributed by atoms with van der Waals surface area (Å²) in [7, 11) is 0. The monoisotopic (exact) mass is 509 g/mol. The van der Waals surface area contributed by atoms with Gasteiger partial charge in [-0.05, 0) is 20.8 Å². The molecule has 1 N–H and O–H groups in total. The lowest BCUT2D eigenvalue weighted by Gasteiger charge is -2.31. The van der Waals surface area contributed by atoms with Gasteiger partial charge in [0.05, 0.1) is 6.54 Å². The molecule has 1 atom stereocenters. The maximum absolute atomic E-state index is 13.9. The van der Waals surface area contributed by atoms with Crippen LogP contribution in [-0.2, 0) is 28.8 Å². The Kier molecular flexibility index (Phi) is 7.17. The molecule has 0 bridgehead atoms. The highest BCUT2D eigenvalue weighted by Gasteiger charge is 2.40. The summed E-state index contributed by atoms with van der Waals surface area (Å²) in [6.07, 6.45) is -5.77. The van der Waals surface area contributed by atoms with Crippen LogP contribution in [-0.4, -0.2) is 56.5 Å². The molecule has 0 fully saturated rings. The standard InChI is InChI=1S/C20H21F6N5O4/c1-19(2,3)35-18(33)27-13(9-34-14-7-11(22)10(21)6-12(14)23)16(32)30-4-5-31-15(8-30)28-29-17(31)20(24,25)26/h6-7,13H,4-5,8-9H2,1-3H3,(H,27,33). The summed E-state index contributed by atoms with van der Waals surface area (Å²) < 4.78 is 90.8. The molecule has 2 amide bonds. The van der Waals surface area contributed by atoms with Gasteiger partial charge in [0.15, 0.2) is 29.0 Å². The molecule has 3 rings (SSSR count). The molecule has 1 aliphatic heterocycles. The smallest absolute Gasteiger partial charge is 0.451 e. The van der Waals surface area contributed by atoms with Crippen LogP contribution in [0.2, 0.25) is 0 Å². The number of hydrogen-bond acceptors (Lipinski definition) is 6. The highest BCUT2D eigenvalue weighted by molar-refractivity contribution is 5.86. The van der Waals surface area contributed by atoms with Crippen molar-refractivity contribution >= 4 is 12.0 Å². The highest BCUT2D eigenvalue weighted by atomic mass is 19.4. The molecule has 0 aliphatic carbocycles. The molecule has 1 unspecified atom stereocenters. The number of hydrogen-bond donors (Lipinski definition) is 1. The van der Waals surface area contributed by atoms with Crippen LogP contribution < -0.4 is 10.1 Å². The lowest BCUT2D eigenvalue weighted by Crippen LogP contribution is -2.53. The number of alkyl halides is 3. The van der Waals surface area contributed by atoms with Gasteiger partial charge in [-0.1, -0.05) is 0 Å². The fraction of sp³-hybridized carbons (Fsp3) is 0.500. The van der Waals surface area contributed by atoms with Crippen molar-refractivity contribution in [2.75, 3.05) is 13.2 Å². The number of aromatic nitrogens is 3. The molecule has 192 valence electrons. The molecule has 15 heteroatoms. The summed E-state index contributed by atoms with van der Waals surface area (Å²) in [5.41, 5.74) is -0.944. The van der Waals surface area contributed by atoms with Gasteiger partial charge in [0.2, 0.25) is 11.7 Å². The first-order chi connectivity index (χ1) is 16.2. The minimum absolute atomic E-state index is 0.138. The molecule has 0 spiro atoms. The van der Waals surface area contributed by atoms with Crippen molar-refractivity contribution in [3.63, 3.8) is 0 Å². The van der Waals surface area contributed by atoms with E-state index >= 15 is 0 Å². The molecule has 2 heterocycles. The predicted octanol–water partition coefficient (Wildman–Crippen LogP) is 3.03. The van der Waals surface area contributed by atoms with E-state index in [2.05, 4.69) is 15.5 Å². The van der Waals surface area contributed by atoms with E-state index in [4.69, 9.17) is 9.47 Å². The van der Waals surface area contributed by atoms with Gasteiger partial charge in [-0.25, -0.2) is 18.0 Å². The van der Waals surface area contributed by atoms with Gasteiger partial charge in [-0.15, -0.1) is 10.2 Å². The summed E-state index contributed by atoms with van der Waals surface area (Å²) in [6, 6.07) is -0.839. The molecule has 1 aliphatic rings. The Balaban J connectivity index is 1.79. The van der Waals surface area contributed by atoms with Gasteiger partial charge in [-0.3, -0.25) is 4.79 Å². The molecule has 0 radical (unpaired) electrons. The molecule has 1 aromatic carbocycles.